The molecule has 1 saturated carbocycles. The number of thiazole rings is 1. The third kappa shape index (κ3) is 2.79. The molecule has 2 rings (SSSR count). The van der Waals surface area contributed by atoms with Gasteiger partial charge in [0, 0.05) is 23.3 Å². The average molecular weight is 224 g/mol. The molecule has 0 spiro atoms. The Morgan fingerprint density at radius 1 is 1.53 bits per heavy atom. The van der Waals surface area contributed by atoms with Crippen LogP contribution >= 0.6 is 11.3 Å². The Kier molecular flexibility index (Phi) is 2.86. The van der Waals surface area contributed by atoms with Crippen molar-refractivity contribution in [3.8, 4) is 0 Å². The van der Waals surface area contributed by atoms with Crippen molar-refractivity contribution in [1.82, 2.24) is 4.98 Å². The Labute approximate surface area is 95.9 Å². The zero-order chi connectivity index (χ0) is 11.1. The van der Waals surface area contributed by atoms with Crippen molar-refractivity contribution in [3.05, 3.63) is 16.1 Å². The Morgan fingerprint density at radius 2 is 2.20 bits per heavy atom. The van der Waals surface area contributed by atoms with Crippen LogP contribution in [0.25, 0.3) is 0 Å². The van der Waals surface area contributed by atoms with E-state index in [1.807, 2.05) is 0 Å². The molecule has 1 aliphatic rings. The maximum Gasteiger partial charge on any atom is 0.0944 e. The quantitative estimate of drug-likeness (QED) is 0.857. The van der Waals surface area contributed by atoms with E-state index in [1.54, 1.807) is 11.3 Å². The van der Waals surface area contributed by atoms with Crippen LogP contribution in [0.2, 0.25) is 0 Å². The molecule has 3 heteroatoms. The monoisotopic (exact) mass is 224 g/mol. The standard InChI is InChI=1S/C12H20N2S/c1-12(2,3)10-7-15-11(14-10)6-9(13)8-4-5-8/h7-9H,4-6,13H2,1-3H3. The van der Waals surface area contributed by atoms with Crippen molar-refractivity contribution in [2.24, 2.45) is 11.7 Å². The van der Waals surface area contributed by atoms with Gasteiger partial charge in [-0.1, -0.05) is 20.8 Å². The summed E-state index contributed by atoms with van der Waals surface area (Å²) in [6.07, 6.45) is 3.60. The molecule has 1 aromatic heterocycles. The number of hydrogen-bond acceptors (Lipinski definition) is 3. The molecule has 15 heavy (non-hydrogen) atoms. The summed E-state index contributed by atoms with van der Waals surface area (Å²) in [7, 11) is 0. The summed E-state index contributed by atoms with van der Waals surface area (Å²) in [5.74, 6) is 0.770. The maximum absolute atomic E-state index is 6.10. The molecular weight excluding hydrogens is 204 g/mol. The minimum absolute atomic E-state index is 0.165. The molecule has 0 saturated heterocycles. The van der Waals surface area contributed by atoms with Crippen molar-refractivity contribution in [1.29, 1.82) is 0 Å². The van der Waals surface area contributed by atoms with E-state index in [0.29, 0.717) is 6.04 Å². The third-order valence-electron chi connectivity index (χ3n) is 2.96. The van der Waals surface area contributed by atoms with Gasteiger partial charge in [0.1, 0.15) is 0 Å². The molecule has 1 fully saturated rings. The lowest BCUT2D eigenvalue weighted by molar-refractivity contribution is 0.560. The van der Waals surface area contributed by atoms with E-state index in [2.05, 4.69) is 31.1 Å². The second-order valence-corrected chi connectivity index (χ2v) is 6.52. The van der Waals surface area contributed by atoms with Gasteiger partial charge in [-0.3, -0.25) is 0 Å². The lowest BCUT2D eigenvalue weighted by atomic mass is 9.93. The first-order valence-electron chi connectivity index (χ1n) is 5.67. The molecule has 1 unspecified atom stereocenters. The van der Waals surface area contributed by atoms with Gasteiger partial charge in [-0.05, 0) is 18.8 Å². The normalized spacial score (nSPS) is 19.2. The molecule has 84 valence electrons. The molecule has 1 aliphatic carbocycles. The summed E-state index contributed by atoms with van der Waals surface area (Å²) in [6, 6.07) is 0.337. The molecule has 1 aromatic rings. The van der Waals surface area contributed by atoms with Gasteiger partial charge < -0.3 is 5.73 Å². The van der Waals surface area contributed by atoms with Gasteiger partial charge in [0.2, 0.25) is 0 Å². The van der Waals surface area contributed by atoms with Crippen molar-refractivity contribution >= 4 is 11.3 Å². The minimum atomic E-state index is 0.165. The topological polar surface area (TPSA) is 38.9 Å². The number of aromatic nitrogens is 1. The van der Waals surface area contributed by atoms with E-state index in [0.717, 1.165) is 12.3 Å². The maximum atomic E-state index is 6.10. The first-order valence-corrected chi connectivity index (χ1v) is 6.55. The predicted octanol–water partition coefficient (Wildman–Crippen LogP) is 2.72. The lowest BCUT2D eigenvalue weighted by Crippen LogP contribution is -2.25. The van der Waals surface area contributed by atoms with E-state index in [4.69, 9.17) is 5.73 Å². The van der Waals surface area contributed by atoms with Gasteiger partial charge in [0.25, 0.3) is 0 Å². The van der Waals surface area contributed by atoms with Gasteiger partial charge in [-0.25, -0.2) is 4.98 Å². The third-order valence-corrected chi connectivity index (χ3v) is 3.83. The SMILES string of the molecule is CC(C)(C)c1csc(CC(N)C2CC2)n1. The first kappa shape index (κ1) is 11.1. The van der Waals surface area contributed by atoms with E-state index in [1.165, 1.54) is 23.5 Å². The summed E-state index contributed by atoms with van der Waals surface area (Å²) >= 11 is 1.76. The fourth-order valence-corrected chi connectivity index (χ4v) is 2.74. The molecule has 0 bridgehead atoms. The van der Waals surface area contributed by atoms with E-state index in [-0.39, 0.29) is 5.41 Å². The number of nitrogens with zero attached hydrogens (tertiary/aromatic N) is 1. The van der Waals surface area contributed by atoms with Gasteiger partial charge in [0.15, 0.2) is 0 Å². The predicted molar refractivity (Wildman–Crippen MR) is 65.2 cm³/mol. The van der Waals surface area contributed by atoms with Gasteiger partial charge in [-0.15, -0.1) is 11.3 Å². The smallest absolute Gasteiger partial charge is 0.0944 e. The fourth-order valence-electron chi connectivity index (χ4n) is 1.64. The second kappa shape index (κ2) is 3.87. The van der Waals surface area contributed by atoms with Crippen molar-refractivity contribution < 1.29 is 0 Å². The Balaban J connectivity index is 2.00. The molecular formula is C12H20N2S. The molecule has 0 amide bonds. The zero-order valence-corrected chi connectivity index (χ0v) is 10.6. The molecule has 0 radical (unpaired) electrons. The summed E-state index contributed by atoms with van der Waals surface area (Å²) in [5, 5.41) is 3.38. The number of rotatable bonds is 3. The Bertz CT molecular complexity index is 334. The van der Waals surface area contributed by atoms with Crippen molar-refractivity contribution in [2.75, 3.05) is 0 Å². The molecule has 1 atom stereocenters. The second-order valence-electron chi connectivity index (χ2n) is 5.58. The highest BCUT2D eigenvalue weighted by atomic mass is 32.1. The van der Waals surface area contributed by atoms with Crippen LogP contribution in [0.1, 0.15) is 44.3 Å². The minimum Gasteiger partial charge on any atom is -0.327 e. The number of nitrogens with two attached hydrogens (primary N) is 1. The summed E-state index contributed by atoms with van der Waals surface area (Å²) < 4.78 is 0. The van der Waals surface area contributed by atoms with Crippen LogP contribution < -0.4 is 5.73 Å². The summed E-state index contributed by atoms with van der Waals surface area (Å²) in [4.78, 5) is 4.67. The first-order chi connectivity index (χ1) is 6.97. The van der Waals surface area contributed by atoms with E-state index < -0.39 is 0 Å². The number of hydrogen-bond donors (Lipinski definition) is 1. The summed E-state index contributed by atoms with van der Waals surface area (Å²) in [5.41, 5.74) is 7.46. The molecule has 2 nitrogen and oxygen atoms in total. The van der Waals surface area contributed by atoms with Gasteiger partial charge in [0.05, 0.1) is 10.7 Å². The summed E-state index contributed by atoms with van der Waals surface area (Å²) in [6.45, 7) is 6.60. The van der Waals surface area contributed by atoms with Crippen LogP contribution in [0, 0.1) is 5.92 Å². The Hall–Kier alpha value is -0.410. The zero-order valence-electron chi connectivity index (χ0n) is 9.79. The molecule has 0 aliphatic heterocycles. The molecule has 2 N–H and O–H groups in total. The van der Waals surface area contributed by atoms with E-state index in [9.17, 15) is 0 Å². The van der Waals surface area contributed by atoms with Crippen LogP contribution in [-0.4, -0.2) is 11.0 Å². The highest BCUT2D eigenvalue weighted by molar-refractivity contribution is 7.09. The van der Waals surface area contributed by atoms with E-state index >= 15 is 0 Å². The van der Waals surface area contributed by atoms with Crippen LogP contribution in [0.3, 0.4) is 0 Å². The van der Waals surface area contributed by atoms with Crippen molar-refractivity contribution in [2.45, 2.75) is 51.5 Å². The highest BCUT2D eigenvalue weighted by Gasteiger charge is 2.29. The lowest BCUT2D eigenvalue weighted by Gasteiger charge is -2.14. The van der Waals surface area contributed by atoms with Gasteiger partial charge >= 0.3 is 0 Å². The highest BCUT2D eigenvalue weighted by Crippen LogP contribution is 2.33. The van der Waals surface area contributed by atoms with Crippen LogP contribution in [-0.2, 0) is 11.8 Å². The fraction of sp³-hybridized carbons (Fsp3) is 0.750. The molecule has 1 heterocycles. The van der Waals surface area contributed by atoms with Crippen LogP contribution in [0.4, 0.5) is 0 Å². The molecule has 0 aromatic carbocycles. The largest absolute Gasteiger partial charge is 0.327 e. The van der Waals surface area contributed by atoms with Crippen LogP contribution in [0.15, 0.2) is 5.38 Å². The average Bonchev–Trinajstić information content (AvgIpc) is 2.86. The van der Waals surface area contributed by atoms with Gasteiger partial charge in [-0.2, -0.15) is 0 Å². The Morgan fingerprint density at radius 3 is 2.67 bits per heavy atom. The van der Waals surface area contributed by atoms with Crippen molar-refractivity contribution in [3.63, 3.8) is 0 Å². The van der Waals surface area contributed by atoms with Crippen LogP contribution in [0.5, 0.6) is 0 Å².